The van der Waals surface area contributed by atoms with Gasteiger partial charge in [0.1, 0.15) is 5.76 Å². The number of furan rings is 1. The molecule has 0 amide bonds. The number of carbonyl (C=O) groups is 1. The third kappa shape index (κ3) is 5.09. The molecule has 168 valence electrons. The first-order chi connectivity index (χ1) is 16.3. The molecule has 5 rings (SSSR count). The minimum absolute atomic E-state index is 0.0886. The van der Waals surface area contributed by atoms with E-state index in [-0.39, 0.29) is 5.78 Å². The van der Waals surface area contributed by atoms with Crippen molar-refractivity contribution < 1.29 is 9.21 Å². The van der Waals surface area contributed by atoms with E-state index < -0.39 is 0 Å². The van der Waals surface area contributed by atoms with Crippen LogP contribution in [0.3, 0.4) is 0 Å². The van der Waals surface area contributed by atoms with Gasteiger partial charge in [-0.15, -0.1) is 10.2 Å². The van der Waals surface area contributed by atoms with Crippen molar-refractivity contribution in [2.24, 2.45) is 0 Å². The van der Waals surface area contributed by atoms with Crippen LogP contribution in [-0.4, -0.2) is 31.3 Å². The topological polar surface area (TPSA) is 73.8 Å². The van der Waals surface area contributed by atoms with Gasteiger partial charge in [0.25, 0.3) is 0 Å². The zero-order valence-electron chi connectivity index (χ0n) is 18.4. The van der Waals surface area contributed by atoms with Crippen molar-refractivity contribution >= 4 is 17.5 Å². The Balaban J connectivity index is 1.30. The van der Waals surface area contributed by atoms with Crippen molar-refractivity contribution in [3.63, 3.8) is 0 Å². The molecule has 7 heteroatoms. The van der Waals surface area contributed by atoms with Gasteiger partial charge in [-0.2, -0.15) is 0 Å². The zero-order chi connectivity index (χ0) is 22.5. The summed E-state index contributed by atoms with van der Waals surface area (Å²) in [7, 11) is 0. The highest BCUT2D eigenvalue weighted by atomic mass is 32.2. The lowest BCUT2D eigenvalue weighted by Crippen LogP contribution is -2.08. The first kappa shape index (κ1) is 21.6. The van der Waals surface area contributed by atoms with E-state index in [2.05, 4.69) is 27.3 Å². The third-order valence-corrected chi connectivity index (χ3v) is 7.14. The van der Waals surface area contributed by atoms with Gasteiger partial charge in [0, 0.05) is 23.5 Å². The molecule has 1 aliphatic rings. The fourth-order valence-corrected chi connectivity index (χ4v) is 5.23. The summed E-state index contributed by atoms with van der Waals surface area (Å²) >= 11 is 1.40. The maximum absolute atomic E-state index is 12.9. The number of pyridine rings is 1. The maximum Gasteiger partial charge on any atom is 0.192 e. The van der Waals surface area contributed by atoms with E-state index in [9.17, 15) is 4.79 Å². The quantitative estimate of drug-likeness (QED) is 0.238. The first-order valence-corrected chi connectivity index (χ1v) is 12.4. The number of benzene rings is 1. The van der Waals surface area contributed by atoms with Crippen LogP contribution in [0.2, 0.25) is 0 Å². The predicted octanol–water partition coefficient (Wildman–Crippen LogP) is 6.00. The molecule has 0 aliphatic heterocycles. The Kier molecular flexibility index (Phi) is 6.67. The molecule has 0 saturated heterocycles. The second-order valence-corrected chi connectivity index (χ2v) is 9.32. The number of ketones is 1. The lowest BCUT2D eigenvalue weighted by atomic mass is 9.84. The molecular formula is C26H26N4O2S. The summed E-state index contributed by atoms with van der Waals surface area (Å²) in [5.41, 5.74) is 2.97. The number of thioether (sulfide) groups is 1. The molecule has 3 aromatic heterocycles. The Bertz CT molecular complexity index is 1180. The van der Waals surface area contributed by atoms with Gasteiger partial charge in [-0.25, -0.2) is 0 Å². The van der Waals surface area contributed by atoms with Gasteiger partial charge in [0.15, 0.2) is 16.8 Å². The van der Waals surface area contributed by atoms with Gasteiger partial charge >= 0.3 is 0 Å². The van der Waals surface area contributed by atoms with Gasteiger partial charge < -0.3 is 4.42 Å². The number of nitrogens with zero attached hydrogens (tertiary/aromatic N) is 4. The molecule has 0 radical (unpaired) electrons. The van der Waals surface area contributed by atoms with Gasteiger partial charge in [0.05, 0.1) is 18.6 Å². The average Bonchev–Trinajstić information content (AvgIpc) is 3.54. The summed E-state index contributed by atoms with van der Waals surface area (Å²) in [4.78, 5) is 17.1. The Morgan fingerprint density at radius 2 is 1.88 bits per heavy atom. The van der Waals surface area contributed by atoms with E-state index in [4.69, 9.17) is 4.42 Å². The highest BCUT2D eigenvalue weighted by Gasteiger charge is 2.19. The van der Waals surface area contributed by atoms with Gasteiger partial charge in [-0.3, -0.25) is 14.3 Å². The Morgan fingerprint density at radius 1 is 1.03 bits per heavy atom. The minimum Gasteiger partial charge on any atom is -0.467 e. The van der Waals surface area contributed by atoms with Crippen LogP contribution < -0.4 is 0 Å². The molecule has 1 aliphatic carbocycles. The van der Waals surface area contributed by atoms with E-state index in [1.807, 2.05) is 41.0 Å². The molecule has 0 unspecified atom stereocenters. The van der Waals surface area contributed by atoms with Crippen molar-refractivity contribution in [3.8, 4) is 11.4 Å². The van der Waals surface area contributed by atoms with Crippen molar-refractivity contribution in [3.05, 3.63) is 84.1 Å². The molecule has 6 nitrogen and oxygen atoms in total. The molecule has 4 aromatic rings. The number of Topliss-reactive ketones (excluding diaryl/α,β-unsaturated/α-hetero) is 1. The monoisotopic (exact) mass is 458 g/mol. The Morgan fingerprint density at radius 3 is 2.61 bits per heavy atom. The molecule has 1 saturated carbocycles. The summed E-state index contributed by atoms with van der Waals surface area (Å²) in [6, 6.07) is 15.8. The highest BCUT2D eigenvalue weighted by Crippen LogP contribution is 2.33. The predicted molar refractivity (Wildman–Crippen MR) is 128 cm³/mol. The molecule has 0 N–H and O–H groups in total. The van der Waals surface area contributed by atoms with Gasteiger partial charge in [-0.1, -0.05) is 55.3 Å². The van der Waals surface area contributed by atoms with E-state index in [1.54, 1.807) is 18.7 Å². The van der Waals surface area contributed by atoms with Gasteiger partial charge in [0.2, 0.25) is 0 Å². The summed E-state index contributed by atoms with van der Waals surface area (Å²) in [6.45, 7) is 0.483. The fraction of sp³-hybridized carbons (Fsp3) is 0.308. The first-order valence-electron chi connectivity index (χ1n) is 11.4. The van der Waals surface area contributed by atoms with Crippen molar-refractivity contribution in [1.82, 2.24) is 19.7 Å². The molecule has 33 heavy (non-hydrogen) atoms. The SMILES string of the molecule is O=C(CSc1nnc(-c2cccnc2)n1Cc1ccco1)c1ccc(C2CCCCC2)cc1. The van der Waals surface area contributed by atoms with Gasteiger partial charge in [-0.05, 0) is 48.6 Å². The normalized spacial score (nSPS) is 14.4. The summed E-state index contributed by atoms with van der Waals surface area (Å²) in [6.07, 6.45) is 11.6. The summed E-state index contributed by atoms with van der Waals surface area (Å²) in [5.74, 6) is 2.53. The lowest BCUT2D eigenvalue weighted by Gasteiger charge is -2.22. The third-order valence-electron chi connectivity index (χ3n) is 6.17. The fourth-order valence-electron chi connectivity index (χ4n) is 4.40. The molecule has 3 heterocycles. The van der Waals surface area contributed by atoms with Crippen LogP contribution >= 0.6 is 11.8 Å². The van der Waals surface area contributed by atoms with Crippen LogP contribution in [0.25, 0.3) is 11.4 Å². The molecule has 0 bridgehead atoms. The summed E-state index contributed by atoms with van der Waals surface area (Å²) < 4.78 is 7.51. The number of hydrogen-bond acceptors (Lipinski definition) is 6. The number of hydrogen-bond donors (Lipinski definition) is 0. The van der Waals surface area contributed by atoms with E-state index in [1.165, 1.54) is 49.4 Å². The number of carbonyl (C=O) groups excluding carboxylic acids is 1. The van der Waals surface area contributed by atoms with Crippen LogP contribution in [0.15, 0.2) is 76.8 Å². The van der Waals surface area contributed by atoms with E-state index >= 15 is 0 Å². The van der Waals surface area contributed by atoms with Crippen LogP contribution in [0.1, 0.15) is 59.7 Å². The Hall–Kier alpha value is -3.19. The summed E-state index contributed by atoms with van der Waals surface area (Å²) in [5, 5.41) is 9.43. The second-order valence-electron chi connectivity index (χ2n) is 8.38. The minimum atomic E-state index is 0.0886. The molecular weight excluding hydrogens is 432 g/mol. The number of aromatic nitrogens is 4. The molecule has 0 atom stereocenters. The van der Waals surface area contributed by atoms with Crippen LogP contribution in [0, 0.1) is 0 Å². The highest BCUT2D eigenvalue weighted by molar-refractivity contribution is 7.99. The van der Waals surface area contributed by atoms with Crippen LogP contribution in [0.5, 0.6) is 0 Å². The zero-order valence-corrected chi connectivity index (χ0v) is 19.2. The Labute approximate surface area is 197 Å². The smallest absolute Gasteiger partial charge is 0.192 e. The lowest BCUT2D eigenvalue weighted by molar-refractivity contribution is 0.102. The van der Waals surface area contributed by atoms with E-state index in [0.717, 1.165) is 16.9 Å². The van der Waals surface area contributed by atoms with Crippen LogP contribution in [-0.2, 0) is 6.54 Å². The number of rotatable bonds is 8. The standard InChI is InChI=1S/C26H26N4O2S/c31-24(21-12-10-20(11-13-21)19-6-2-1-3-7-19)18-33-26-29-28-25(22-8-4-14-27-16-22)30(26)17-23-9-5-15-32-23/h4-5,8-16,19H,1-3,6-7,17-18H2. The van der Waals surface area contributed by atoms with E-state index in [0.29, 0.717) is 29.2 Å². The maximum atomic E-state index is 12.9. The second kappa shape index (κ2) is 10.2. The molecule has 1 aromatic carbocycles. The molecule has 1 fully saturated rings. The average molecular weight is 459 g/mol. The van der Waals surface area contributed by atoms with Crippen molar-refractivity contribution in [2.75, 3.05) is 5.75 Å². The van der Waals surface area contributed by atoms with Crippen molar-refractivity contribution in [1.29, 1.82) is 0 Å². The van der Waals surface area contributed by atoms with Crippen LogP contribution in [0.4, 0.5) is 0 Å². The molecule has 0 spiro atoms. The largest absolute Gasteiger partial charge is 0.467 e. The van der Waals surface area contributed by atoms with Crippen molar-refractivity contribution in [2.45, 2.75) is 49.7 Å².